The van der Waals surface area contributed by atoms with Crippen molar-refractivity contribution in [1.29, 1.82) is 0 Å². The summed E-state index contributed by atoms with van der Waals surface area (Å²) in [6.45, 7) is 2.15. The van der Waals surface area contributed by atoms with Gasteiger partial charge in [-0.05, 0) is 36.8 Å². The van der Waals surface area contributed by atoms with E-state index in [9.17, 15) is 4.79 Å². The van der Waals surface area contributed by atoms with E-state index in [0.29, 0.717) is 11.6 Å². The maximum absolute atomic E-state index is 11.3. The Morgan fingerprint density at radius 2 is 2.33 bits per heavy atom. The molecule has 15 heavy (non-hydrogen) atoms. The molecule has 0 saturated heterocycles. The molecule has 4 nitrogen and oxygen atoms in total. The topological polar surface area (TPSA) is 52.1 Å². The van der Waals surface area contributed by atoms with Gasteiger partial charge in [0.1, 0.15) is 0 Å². The van der Waals surface area contributed by atoms with Gasteiger partial charge in [0.25, 0.3) is 0 Å². The largest absolute Gasteiger partial charge is 0.464 e. The Labute approximate surface area is 88.7 Å². The fraction of sp³-hybridized carbons (Fsp3) is 0.545. The van der Waals surface area contributed by atoms with Crippen molar-refractivity contribution in [1.82, 2.24) is 10.2 Å². The first-order chi connectivity index (χ1) is 7.22. The third-order valence-electron chi connectivity index (χ3n) is 2.88. The Bertz CT molecular complexity index is 390. The fourth-order valence-electron chi connectivity index (χ4n) is 1.99. The third kappa shape index (κ3) is 1.84. The van der Waals surface area contributed by atoms with E-state index in [1.165, 1.54) is 7.11 Å². The third-order valence-corrected chi connectivity index (χ3v) is 2.88. The van der Waals surface area contributed by atoms with Crippen LogP contribution < -0.4 is 0 Å². The average Bonchev–Trinajstić information content (AvgIpc) is 2.28. The van der Waals surface area contributed by atoms with Gasteiger partial charge in [-0.3, -0.25) is 0 Å². The number of aryl methyl sites for hydroxylation is 1. The highest BCUT2D eigenvalue weighted by molar-refractivity contribution is 5.87. The zero-order chi connectivity index (χ0) is 10.8. The van der Waals surface area contributed by atoms with Gasteiger partial charge in [-0.1, -0.05) is 6.92 Å². The minimum absolute atomic E-state index is 0.310. The van der Waals surface area contributed by atoms with Crippen LogP contribution in [0.2, 0.25) is 0 Å². The Morgan fingerprint density at radius 1 is 1.53 bits per heavy atom. The molecule has 0 amide bonds. The second-order valence-corrected chi connectivity index (χ2v) is 3.92. The molecule has 1 aromatic heterocycles. The minimum atomic E-state index is -0.414. The van der Waals surface area contributed by atoms with Crippen LogP contribution in [0.1, 0.15) is 47.4 Å². The predicted octanol–water partition coefficient (Wildman–Crippen LogP) is 1.70. The molecule has 80 valence electrons. The average molecular weight is 206 g/mol. The molecule has 0 saturated carbocycles. The molecule has 1 atom stereocenters. The lowest BCUT2D eigenvalue weighted by molar-refractivity contribution is 0.0592. The van der Waals surface area contributed by atoms with Crippen LogP contribution in [0.3, 0.4) is 0 Å². The quantitative estimate of drug-likeness (QED) is 0.656. The summed E-state index contributed by atoms with van der Waals surface area (Å²) in [4.78, 5) is 11.3. The Morgan fingerprint density at radius 3 is 3.07 bits per heavy atom. The van der Waals surface area contributed by atoms with Crippen LogP contribution in [-0.2, 0) is 11.2 Å². The first kappa shape index (κ1) is 10.1. The van der Waals surface area contributed by atoms with Gasteiger partial charge in [-0.15, -0.1) is 5.10 Å². The summed E-state index contributed by atoms with van der Waals surface area (Å²) in [6, 6.07) is 1.82. The first-order valence-electron chi connectivity index (χ1n) is 5.17. The van der Waals surface area contributed by atoms with Gasteiger partial charge in [0.05, 0.1) is 12.8 Å². The van der Waals surface area contributed by atoms with Gasteiger partial charge in [-0.2, -0.15) is 5.10 Å². The molecule has 0 bridgehead atoms. The van der Waals surface area contributed by atoms with Crippen LogP contribution in [0, 0.1) is 0 Å². The van der Waals surface area contributed by atoms with E-state index in [-0.39, 0.29) is 0 Å². The molecule has 0 radical (unpaired) electrons. The lowest BCUT2D eigenvalue weighted by Gasteiger charge is -2.20. The van der Waals surface area contributed by atoms with Gasteiger partial charge >= 0.3 is 5.97 Å². The van der Waals surface area contributed by atoms with Crippen molar-refractivity contribution in [2.45, 2.75) is 32.1 Å². The van der Waals surface area contributed by atoms with E-state index in [4.69, 9.17) is 0 Å². The van der Waals surface area contributed by atoms with Crippen molar-refractivity contribution >= 4 is 5.97 Å². The monoisotopic (exact) mass is 206 g/mol. The van der Waals surface area contributed by atoms with Crippen molar-refractivity contribution < 1.29 is 9.53 Å². The highest BCUT2D eigenvalue weighted by Gasteiger charge is 2.20. The second kappa shape index (κ2) is 3.96. The minimum Gasteiger partial charge on any atom is -0.464 e. The summed E-state index contributed by atoms with van der Waals surface area (Å²) in [5, 5.41) is 7.96. The molecule has 0 aliphatic heterocycles. The molecule has 1 heterocycles. The molecule has 0 fully saturated rings. The molecule has 4 heteroatoms. The van der Waals surface area contributed by atoms with Crippen LogP contribution in [0.5, 0.6) is 0 Å². The number of rotatable bonds is 1. The standard InChI is InChI=1S/C11H14N2O2/c1-7-4-3-5-9-8(7)6-10(13-12-9)11(14)15-2/h6-7H,3-5H2,1-2H3. The Kier molecular flexibility index (Phi) is 2.66. The fourth-order valence-corrected chi connectivity index (χ4v) is 1.99. The lowest BCUT2D eigenvalue weighted by atomic mass is 9.87. The van der Waals surface area contributed by atoms with E-state index in [1.807, 2.05) is 6.07 Å². The van der Waals surface area contributed by atoms with Crippen LogP contribution in [0.4, 0.5) is 0 Å². The molecule has 1 aliphatic rings. The number of ether oxygens (including phenoxy) is 1. The number of carbonyl (C=O) groups excluding carboxylic acids is 1. The van der Waals surface area contributed by atoms with E-state index < -0.39 is 5.97 Å². The second-order valence-electron chi connectivity index (χ2n) is 3.92. The normalized spacial score (nSPS) is 19.5. The number of nitrogens with zero attached hydrogens (tertiary/aromatic N) is 2. The smallest absolute Gasteiger partial charge is 0.358 e. The molecular weight excluding hydrogens is 192 g/mol. The summed E-state index contributed by atoms with van der Waals surface area (Å²) in [7, 11) is 1.35. The van der Waals surface area contributed by atoms with Crippen LogP contribution >= 0.6 is 0 Å². The molecular formula is C11H14N2O2. The maximum Gasteiger partial charge on any atom is 0.358 e. The van der Waals surface area contributed by atoms with E-state index >= 15 is 0 Å². The number of hydrogen-bond donors (Lipinski definition) is 0. The summed E-state index contributed by atoms with van der Waals surface area (Å²) < 4.78 is 4.62. The van der Waals surface area contributed by atoms with Gasteiger partial charge in [-0.25, -0.2) is 4.79 Å². The predicted molar refractivity (Wildman–Crippen MR) is 54.7 cm³/mol. The zero-order valence-corrected chi connectivity index (χ0v) is 8.99. The number of methoxy groups -OCH3 is 1. The molecule has 1 unspecified atom stereocenters. The van der Waals surface area contributed by atoms with Crippen LogP contribution in [0.15, 0.2) is 6.07 Å². The molecule has 0 aromatic carbocycles. The summed E-state index contributed by atoms with van der Waals surface area (Å²) in [5.74, 6) is 0.0516. The van der Waals surface area contributed by atoms with Gasteiger partial charge < -0.3 is 4.74 Å². The number of fused-ring (bicyclic) bond motifs is 1. The molecule has 0 spiro atoms. The van der Waals surface area contributed by atoms with Crippen molar-refractivity contribution in [3.05, 3.63) is 23.0 Å². The van der Waals surface area contributed by atoms with Gasteiger partial charge in [0, 0.05) is 0 Å². The van der Waals surface area contributed by atoms with E-state index in [2.05, 4.69) is 21.9 Å². The lowest BCUT2D eigenvalue weighted by Crippen LogP contribution is -2.14. The molecule has 0 N–H and O–H groups in total. The van der Waals surface area contributed by atoms with E-state index in [0.717, 1.165) is 30.5 Å². The zero-order valence-electron chi connectivity index (χ0n) is 8.99. The summed E-state index contributed by atoms with van der Waals surface area (Å²) in [6.07, 6.45) is 3.27. The highest BCUT2D eigenvalue weighted by Crippen LogP contribution is 2.29. The number of hydrogen-bond acceptors (Lipinski definition) is 4. The SMILES string of the molecule is COC(=O)c1cc2c(nn1)CCCC2C. The Balaban J connectivity index is 2.39. The number of esters is 1. The number of aromatic nitrogens is 2. The Hall–Kier alpha value is -1.45. The first-order valence-corrected chi connectivity index (χ1v) is 5.17. The molecule has 1 aliphatic carbocycles. The van der Waals surface area contributed by atoms with Crippen LogP contribution in [0.25, 0.3) is 0 Å². The summed E-state index contributed by atoms with van der Waals surface area (Å²) >= 11 is 0. The van der Waals surface area contributed by atoms with Crippen molar-refractivity contribution in [3.63, 3.8) is 0 Å². The van der Waals surface area contributed by atoms with Gasteiger partial charge in [0.2, 0.25) is 0 Å². The van der Waals surface area contributed by atoms with E-state index in [1.54, 1.807) is 0 Å². The number of carbonyl (C=O) groups is 1. The van der Waals surface area contributed by atoms with Crippen LogP contribution in [-0.4, -0.2) is 23.3 Å². The van der Waals surface area contributed by atoms with Crippen molar-refractivity contribution in [3.8, 4) is 0 Å². The van der Waals surface area contributed by atoms with Gasteiger partial charge in [0.15, 0.2) is 5.69 Å². The maximum atomic E-state index is 11.3. The van der Waals surface area contributed by atoms with Crippen molar-refractivity contribution in [2.24, 2.45) is 0 Å². The summed E-state index contributed by atoms with van der Waals surface area (Å²) in [5.41, 5.74) is 2.49. The highest BCUT2D eigenvalue weighted by atomic mass is 16.5. The molecule has 2 rings (SSSR count). The van der Waals surface area contributed by atoms with Crippen molar-refractivity contribution in [2.75, 3.05) is 7.11 Å². The molecule has 1 aromatic rings.